The second-order valence-electron chi connectivity index (χ2n) is 8.98. The smallest absolute Gasteiger partial charge is 0.255 e. The lowest BCUT2D eigenvalue weighted by Gasteiger charge is -2.35. The van der Waals surface area contributed by atoms with Crippen LogP contribution in [0.2, 0.25) is 0 Å². The van der Waals surface area contributed by atoms with Crippen LogP contribution in [0.1, 0.15) is 47.5 Å². The SMILES string of the molecule is O=C(c1cnc2c(c1)N(CC1CCOCC1)C(=O)CN2)N1CCC(c2ccccc2)CC1. The number of fused-ring (bicyclic) bond motifs is 1. The summed E-state index contributed by atoms with van der Waals surface area (Å²) in [5.74, 6) is 1.61. The van der Waals surface area contributed by atoms with Crippen LogP contribution >= 0.6 is 0 Å². The highest BCUT2D eigenvalue weighted by molar-refractivity contribution is 6.04. The number of carbonyl (C=O) groups excluding carboxylic acids is 2. The molecule has 0 spiro atoms. The van der Waals surface area contributed by atoms with Gasteiger partial charge < -0.3 is 19.9 Å². The second-order valence-corrected chi connectivity index (χ2v) is 8.98. The first kappa shape index (κ1) is 20.9. The lowest BCUT2D eigenvalue weighted by molar-refractivity contribution is -0.117. The number of amides is 2. The molecule has 1 aromatic heterocycles. The number of piperidine rings is 1. The maximum Gasteiger partial charge on any atom is 0.255 e. The van der Waals surface area contributed by atoms with Crippen LogP contribution in [0.4, 0.5) is 11.5 Å². The summed E-state index contributed by atoms with van der Waals surface area (Å²) in [6.45, 7) is 3.85. The van der Waals surface area contributed by atoms with E-state index < -0.39 is 0 Å². The minimum absolute atomic E-state index is 0.00384. The predicted molar refractivity (Wildman–Crippen MR) is 123 cm³/mol. The topological polar surface area (TPSA) is 74.8 Å². The van der Waals surface area contributed by atoms with Crippen LogP contribution in [0, 0.1) is 5.92 Å². The van der Waals surface area contributed by atoms with Gasteiger partial charge in [0.15, 0.2) is 0 Å². The summed E-state index contributed by atoms with van der Waals surface area (Å²) in [6, 6.07) is 12.4. The Labute approximate surface area is 188 Å². The van der Waals surface area contributed by atoms with Crippen molar-refractivity contribution in [2.45, 2.75) is 31.6 Å². The number of carbonyl (C=O) groups is 2. The van der Waals surface area contributed by atoms with E-state index in [1.165, 1.54) is 5.56 Å². The Balaban J connectivity index is 1.29. The molecule has 2 amide bonds. The van der Waals surface area contributed by atoms with E-state index in [4.69, 9.17) is 4.74 Å². The van der Waals surface area contributed by atoms with Gasteiger partial charge in [-0.15, -0.1) is 0 Å². The number of hydrogen-bond donors (Lipinski definition) is 1. The number of pyridine rings is 1. The normalized spacial score (nSPS) is 20.1. The van der Waals surface area contributed by atoms with Gasteiger partial charge in [-0.25, -0.2) is 4.98 Å². The number of nitrogens with one attached hydrogen (secondary N) is 1. The van der Waals surface area contributed by atoms with Crippen molar-refractivity contribution in [3.63, 3.8) is 0 Å². The van der Waals surface area contributed by atoms with Crippen molar-refractivity contribution in [2.75, 3.05) is 49.6 Å². The van der Waals surface area contributed by atoms with E-state index in [0.717, 1.165) is 57.7 Å². The van der Waals surface area contributed by atoms with E-state index in [9.17, 15) is 9.59 Å². The van der Waals surface area contributed by atoms with Crippen molar-refractivity contribution in [3.05, 3.63) is 53.7 Å². The largest absolute Gasteiger partial charge is 0.381 e. The highest BCUT2D eigenvalue weighted by atomic mass is 16.5. The molecule has 7 nitrogen and oxygen atoms in total. The number of hydrogen-bond acceptors (Lipinski definition) is 5. The Morgan fingerprint density at radius 3 is 2.59 bits per heavy atom. The zero-order valence-electron chi connectivity index (χ0n) is 18.3. The molecule has 7 heteroatoms. The monoisotopic (exact) mass is 434 g/mol. The van der Waals surface area contributed by atoms with Gasteiger partial charge in [0.25, 0.3) is 5.91 Å². The summed E-state index contributed by atoms with van der Waals surface area (Å²) in [4.78, 5) is 34.2. The molecule has 2 saturated heterocycles. The van der Waals surface area contributed by atoms with E-state index in [0.29, 0.717) is 29.8 Å². The van der Waals surface area contributed by atoms with Gasteiger partial charge in [-0.3, -0.25) is 9.59 Å². The van der Waals surface area contributed by atoms with E-state index in [-0.39, 0.29) is 18.4 Å². The van der Waals surface area contributed by atoms with Gasteiger partial charge in [-0.1, -0.05) is 30.3 Å². The standard InChI is InChI=1S/C25H30N4O3/c30-23-16-27-24-22(29(23)17-18-8-12-32-13-9-18)14-21(15-26-24)25(31)28-10-6-20(7-11-28)19-4-2-1-3-5-19/h1-5,14-15,18,20H,6-13,16-17H2,(H,26,27). The molecule has 0 saturated carbocycles. The van der Waals surface area contributed by atoms with Crippen molar-refractivity contribution < 1.29 is 14.3 Å². The molecule has 168 valence electrons. The molecule has 32 heavy (non-hydrogen) atoms. The molecular weight excluding hydrogens is 404 g/mol. The summed E-state index contributed by atoms with van der Waals surface area (Å²) in [5, 5.41) is 3.10. The van der Waals surface area contributed by atoms with Crippen molar-refractivity contribution in [2.24, 2.45) is 5.92 Å². The minimum atomic E-state index is -0.00384. The van der Waals surface area contributed by atoms with Gasteiger partial charge in [0.1, 0.15) is 5.82 Å². The summed E-state index contributed by atoms with van der Waals surface area (Å²) in [7, 11) is 0. The number of nitrogens with zero attached hydrogens (tertiary/aromatic N) is 3. The van der Waals surface area contributed by atoms with Crippen molar-refractivity contribution >= 4 is 23.3 Å². The molecule has 1 aromatic carbocycles. The molecule has 3 aliphatic rings. The van der Waals surface area contributed by atoms with Crippen LogP contribution in [0.25, 0.3) is 0 Å². The van der Waals surface area contributed by atoms with Crippen molar-refractivity contribution in [1.29, 1.82) is 0 Å². The number of anilines is 2. The molecule has 3 aliphatic heterocycles. The first-order chi connectivity index (χ1) is 15.7. The van der Waals surface area contributed by atoms with Crippen LogP contribution < -0.4 is 10.2 Å². The number of benzene rings is 1. The highest BCUT2D eigenvalue weighted by Gasteiger charge is 2.30. The fourth-order valence-electron chi connectivity index (χ4n) is 5.01. The lowest BCUT2D eigenvalue weighted by Crippen LogP contribution is -2.44. The van der Waals surface area contributed by atoms with Gasteiger partial charge in [0.05, 0.1) is 17.8 Å². The molecule has 4 heterocycles. The van der Waals surface area contributed by atoms with Crippen LogP contribution in [0.5, 0.6) is 0 Å². The Kier molecular flexibility index (Phi) is 6.08. The summed E-state index contributed by atoms with van der Waals surface area (Å²) in [5.41, 5.74) is 2.62. The minimum Gasteiger partial charge on any atom is -0.381 e. The first-order valence-corrected chi connectivity index (χ1v) is 11.7. The second kappa shape index (κ2) is 9.28. The number of rotatable bonds is 4. The van der Waals surface area contributed by atoms with Crippen LogP contribution in [-0.2, 0) is 9.53 Å². The van der Waals surface area contributed by atoms with Gasteiger partial charge in [-0.05, 0) is 49.1 Å². The third-order valence-electron chi connectivity index (χ3n) is 6.95. The van der Waals surface area contributed by atoms with E-state index in [1.807, 2.05) is 21.9 Å². The third kappa shape index (κ3) is 4.35. The molecular formula is C25H30N4O3. The van der Waals surface area contributed by atoms with Crippen molar-refractivity contribution in [1.82, 2.24) is 9.88 Å². The van der Waals surface area contributed by atoms with Gasteiger partial charge >= 0.3 is 0 Å². The first-order valence-electron chi connectivity index (χ1n) is 11.7. The van der Waals surface area contributed by atoms with Crippen LogP contribution in [0.3, 0.4) is 0 Å². The zero-order chi connectivity index (χ0) is 21.9. The summed E-state index contributed by atoms with van der Waals surface area (Å²) >= 11 is 0. The maximum absolute atomic E-state index is 13.3. The molecule has 5 rings (SSSR count). The molecule has 0 bridgehead atoms. The molecule has 0 radical (unpaired) electrons. The molecule has 0 unspecified atom stereocenters. The van der Waals surface area contributed by atoms with Gasteiger partial charge in [0, 0.05) is 39.0 Å². The maximum atomic E-state index is 13.3. The highest BCUT2D eigenvalue weighted by Crippen LogP contribution is 2.32. The zero-order valence-corrected chi connectivity index (χ0v) is 18.3. The Morgan fingerprint density at radius 1 is 1.09 bits per heavy atom. The molecule has 0 atom stereocenters. The number of aromatic nitrogens is 1. The third-order valence-corrected chi connectivity index (χ3v) is 6.95. The average molecular weight is 435 g/mol. The average Bonchev–Trinajstić information content (AvgIpc) is 2.86. The Morgan fingerprint density at radius 2 is 1.84 bits per heavy atom. The fourth-order valence-corrected chi connectivity index (χ4v) is 5.01. The summed E-state index contributed by atoms with van der Waals surface area (Å²) in [6.07, 6.45) is 5.47. The van der Waals surface area contributed by atoms with Crippen molar-refractivity contribution in [3.8, 4) is 0 Å². The van der Waals surface area contributed by atoms with Gasteiger partial charge in [-0.2, -0.15) is 0 Å². The molecule has 2 fully saturated rings. The van der Waals surface area contributed by atoms with E-state index in [2.05, 4.69) is 34.6 Å². The Bertz CT molecular complexity index is 966. The molecule has 2 aromatic rings. The van der Waals surface area contributed by atoms with Crippen LogP contribution in [-0.4, -0.2) is 61.1 Å². The quantitative estimate of drug-likeness (QED) is 0.799. The Hall–Kier alpha value is -2.93. The van der Waals surface area contributed by atoms with Gasteiger partial charge in [0.2, 0.25) is 5.91 Å². The number of likely N-dealkylation sites (tertiary alicyclic amines) is 1. The lowest BCUT2D eigenvalue weighted by atomic mass is 9.89. The number of ether oxygens (including phenoxy) is 1. The van der Waals surface area contributed by atoms with Crippen LogP contribution in [0.15, 0.2) is 42.6 Å². The summed E-state index contributed by atoms with van der Waals surface area (Å²) < 4.78 is 5.46. The van der Waals surface area contributed by atoms with E-state index in [1.54, 1.807) is 6.20 Å². The fraction of sp³-hybridized carbons (Fsp3) is 0.480. The molecule has 1 N–H and O–H groups in total. The predicted octanol–water partition coefficient (Wildman–Crippen LogP) is 3.29. The van der Waals surface area contributed by atoms with E-state index >= 15 is 0 Å². The molecule has 0 aliphatic carbocycles.